The van der Waals surface area contributed by atoms with Crippen molar-refractivity contribution in [2.24, 2.45) is 0 Å². The molecule has 1 heterocycles. The van der Waals surface area contributed by atoms with E-state index in [1.807, 2.05) is 0 Å². The molecule has 1 saturated heterocycles. The third kappa shape index (κ3) is 3.45. The number of aliphatic hydroxyl groups excluding tert-OH is 2. The zero-order valence-electron chi connectivity index (χ0n) is 12.0. The lowest BCUT2D eigenvalue weighted by Crippen LogP contribution is -2.61. The van der Waals surface area contributed by atoms with Gasteiger partial charge in [0.1, 0.15) is 30.2 Å². The Kier molecular flexibility index (Phi) is 5.38. The minimum atomic E-state index is -1.06. The van der Waals surface area contributed by atoms with Crippen LogP contribution in [0, 0.1) is 0 Å². The first kappa shape index (κ1) is 16.0. The Labute approximate surface area is 123 Å². The molecule has 1 aromatic carbocycles. The molecule has 0 bridgehead atoms. The third-order valence-electron chi connectivity index (χ3n) is 3.47. The molecule has 0 aromatic heterocycles. The molecule has 7 nitrogen and oxygen atoms in total. The third-order valence-corrected chi connectivity index (χ3v) is 3.47. The van der Waals surface area contributed by atoms with Gasteiger partial charge in [-0.2, -0.15) is 0 Å². The Morgan fingerprint density at radius 1 is 1.14 bits per heavy atom. The van der Waals surface area contributed by atoms with Gasteiger partial charge in [-0.3, -0.25) is 0 Å². The quantitative estimate of drug-likeness (QED) is 0.644. The second-order valence-electron chi connectivity index (χ2n) is 4.80. The lowest BCUT2D eigenvalue weighted by Gasteiger charge is -2.42. The number of ether oxygens (including phenoxy) is 4. The Morgan fingerprint density at radius 3 is 2.29 bits per heavy atom. The fourth-order valence-corrected chi connectivity index (χ4v) is 2.38. The summed E-state index contributed by atoms with van der Waals surface area (Å²) in [5.74, 6) is 0.496. The monoisotopic (exact) mass is 299 g/mol. The molecule has 4 N–H and O–H groups in total. The summed E-state index contributed by atoms with van der Waals surface area (Å²) in [4.78, 5) is 0. The van der Waals surface area contributed by atoms with Gasteiger partial charge in [-0.05, 0) is 24.3 Å². The van der Waals surface area contributed by atoms with Gasteiger partial charge >= 0.3 is 0 Å². The van der Waals surface area contributed by atoms with Gasteiger partial charge in [-0.25, -0.2) is 0 Å². The van der Waals surface area contributed by atoms with Crippen molar-refractivity contribution in [3.05, 3.63) is 24.3 Å². The number of rotatable bonds is 5. The Hall–Kier alpha value is -1.38. The fourth-order valence-electron chi connectivity index (χ4n) is 2.38. The molecule has 1 aliphatic heterocycles. The SMILES string of the molecule is CO[C@@H]1[C@@H](O)[C@H](Oc2ccc(N)cc2)O[C@H](CO)[C@@H]1OC. The van der Waals surface area contributed by atoms with E-state index in [1.54, 1.807) is 24.3 Å². The number of aliphatic hydroxyl groups is 2. The van der Waals surface area contributed by atoms with Crippen LogP contribution >= 0.6 is 0 Å². The molecular formula is C14H21NO6. The van der Waals surface area contributed by atoms with Gasteiger partial charge < -0.3 is 34.9 Å². The summed E-state index contributed by atoms with van der Waals surface area (Å²) in [5, 5.41) is 19.7. The molecular weight excluding hydrogens is 278 g/mol. The van der Waals surface area contributed by atoms with Gasteiger partial charge in [-0.1, -0.05) is 0 Å². The number of anilines is 1. The van der Waals surface area contributed by atoms with Gasteiger partial charge in [0, 0.05) is 19.9 Å². The molecule has 0 aliphatic carbocycles. The predicted molar refractivity (Wildman–Crippen MR) is 74.8 cm³/mol. The summed E-state index contributed by atoms with van der Waals surface area (Å²) in [7, 11) is 2.93. The van der Waals surface area contributed by atoms with Crippen molar-refractivity contribution in [2.45, 2.75) is 30.7 Å². The van der Waals surface area contributed by atoms with Crippen molar-refractivity contribution in [3.8, 4) is 5.75 Å². The summed E-state index contributed by atoms with van der Waals surface area (Å²) in [6, 6.07) is 6.70. The van der Waals surface area contributed by atoms with Crippen LogP contribution in [0.15, 0.2) is 24.3 Å². The maximum absolute atomic E-state index is 10.3. The molecule has 118 valence electrons. The zero-order chi connectivity index (χ0) is 15.4. The lowest BCUT2D eigenvalue weighted by molar-refractivity contribution is -0.286. The molecule has 1 aliphatic rings. The highest BCUT2D eigenvalue weighted by Crippen LogP contribution is 2.27. The van der Waals surface area contributed by atoms with E-state index in [2.05, 4.69) is 0 Å². The van der Waals surface area contributed by atoms with Crippen LogP contribution in [0.3, 0.4) is 0 Å². The average molecular weight is 299 g/mol. The van der Waals surface area contributed by atoms with Crippen molar-refractivity contribution in [2.75, 3.05) is 26.6 Å². The molecule has 1 aromatic rings. The van der Waals surface area contributed by atoms with E-state index in [-0.39, 0.29) is 6.61 Å². The number of nitrogen functional groups attached to an aromatic ring is 1. The van der Waals surface area contributed by atoms with Gasteiger partial charge in [0.2, 0.25) is 6.29 Å². The molecule has 0 unspecified atom stereocenters. The van der Waals surface area contributed by atoms with E-state index < -0.39 is 30.7 Å². The fraction of sp³-hybridized carbons (Fsp3) is 0.571. The van der Waals surface area contributed by atoms with E-state index in [0.29, 0.717) is 11.4 Å². The van der Waals surface area contributed by atoms with Crippen molar-refractivity contribution >= 4 is 5.69 Å². The van der Waals surface area contributed by atoms with Crippen LogP contribution in [-0.2, 0) is 14.2 Å². The standard InChI is InChI=1S/C14H21NO6/c1-18-12-10(7-16)21-14(11(17)13(12)19-2)20-9-5-3-8(15)4-6-9/h3-6,10-14,16-17H,7,15H2,1-2H3/t10-,11-,12+,13-,14-/m1/s1. The van der Waals surface area contributed by atoms with E-state index >= 15 is 0 Å². The molecule has 0 radical (unpaired) electrons. The van der Waals surface area contributed by atoms with Crippen LogP contribution < -0.4 is 10.5 Å². The number of nitrogens with two attached hydrogens (primary N) is 1. The Bertz CT molecular complexity index is 440. The number of methoxy groups -OCH3 is 2. The van der Waals surface area contributed by atoms with E-state index in [0.717, 1.165) is 0 Å². The van der Waals surface area contributed by atoms with Crippen molar-refractivity contribution in [3.63, 3.8) is 0 Å². The summed E-state index contributed by atoms with van der Waals surface area (Å²) in [6.07, 6.45) is -3.93. The van der Waals surface area contributed by atoms with Crippen molar-refractivity contribution in [1.82, 2.24) is 0 Å². The van der Waals surface area contributed by atoms with Crippen LogP contribution in [0.1, 0.15) is 0 Å². The summed E-state index contributed by atoms with van der Waals surface area (Å²) < 4.78 is 21.7. The first-order valence-corrected chi connectivity index (χ1v) is 6.63. The highest BCUT2D eigenvalue weighted by atomic mass is 16.7. The largest absolute Gasteiger partial charge is 0.462 e. The smallest absolute Gasteiger partial charge is 0.229 e. The normalized spacial score (nSPS) is 32.9. The van der Waals surface area contributed by atoms with E-state index in [4.69, 9.17) is 24.7 Å². The first-order chi connectivity index (χ1) is 10.1. The van der Waals surface area contributed by atoms with Crippen molar-refractivity contribution < 1.29 is 29.2 Å². The maximum atomic E-state index is 10.3. The van der Waals surface area contributed by atoms with E-state index in [1.165, 1.54) is 14.2 Å². The highest BCUT2D eigenvalue weighted by molar-refractivity contribution is 5.41. The number of hydrogen-bond acceptors (Lipinski definition) is 7. The minimum Gasteiger partial charge on any atom is -0.462 e. The average Bonchev–Trinajstić information content (AvgIpc) is 2.50. The highest BCUT2D eigenvalue weighted by Gasteiger charge is 2.46. The number of benzene rings is 1. The van der Waals surface area contributed by atoms with Gasteiger partial charge in [0.05, 0.1) is 6.61 Å². The number of hydrogen-bond donors (Lipinski definition) is 3. The molecule has 5 atom stereocenters. The minimum absolute atomic E-state index is 0.271. The van der Waals surface area contributed by atoms with Crippen LogP contribution in [0.25, 0.3) is 0 Å². The summed E-state index contributed by atoms with van der Waals surface area (Å²) in [5.41, 5.74) is 6.21. The zero-order valence-corrected chi connectivity index (χ0v) is 12.0. The lowest BCUT2D eigenvalue weighted by atomic mass is 9.99. The maximum Gasteiger partial charge on any atom is 0.229 e. The first-order valence-electron chi connectivity index (χ1n) is 6.63. The molecule has 0 saturated carbocycles. The van der Waals surface area contributed by atoms with E-state index in [9.17, 15) is 10.2 Å². The second-order valence-corrected chi connectivity index (χ2v) is 4.80. The molecule has 0 spiro atoms. The molecule has 21 heavy (non-hydrogen) atoms. The van der Waals surface area contributed by atoms with Gasteiger partial charge in [0.15, 0.2) is 0 Å². The van der Waals surface area contributed by atoms with Crippen molar-refractivity contribution in [1.29, 1.82) is 0 Å². The van der Waals surface area contributed by atoms with Gasteiger partial charge in [0.25, 0.3) is 0 Å². The van der Waals surface area contributed by atoms with Crippen LogP contribution in [0.5, 0.6) is 5.75 Å². The van der Waals surface area contributed by atoms with Crippen LogP contribution in [0.2, 0.25) is 0 Å². The summed E-state index contributed by atoms with van der Waals surface area (Å²) >= 11 is 0. The predicted octanol–water partition coefficient (Wildman–Crippen LogP) is -0.244. The summed E-state index contributed by atoms with van der Waals surface area (Å²) in [6.45, 7) is -0.271. The second kappa shape index (κ2) is 7.06. The Morgan fingerprint density at radius 2 is 1.76 bits per heavy atom. The van der Waals surface area contributed by atoms with Crippen LogP contribution in [-0.4, -0.2) is 61.7 Å². The molecule has 1 fully saturated rings. The molecule has 2 rings (SSSR count). The topological polar surface area (TPSA) is 103 Å². The van der Waals surface area contributed by atoms with Gasteiger partial charge in [-0.15, -0.1) is 0 Å². The molecule has 7 heteroatoms. The Balaban J connectivity index is 2.13. The molecule has 0 amide bonds. The van der Waals surface area contributed by atoms with Crippen LogP contribution in [0.4, 0.5) is 5.69 Å².